The van der Waals surface area contributed by atoms with E-state index >= 15 is 0 Å². The summed E-state index contributed by atoms with van der Waals surface area (Å²) in [6, 6.07) is 3.18. The first-order valence-electron chi connectivity index (χ1n) is 3.62. The molecule has 0 unspecified atom stereocenters. The zero-order valence-corrected chi connectivity index (χ0v) is 6.00. The number of fused-ring (bicyclic) bond motifs is 1. The van der Waals surface area contributed by atoms with E-state index in [-0.39, 0.29) is 0 Å². The molecule has 1 aliphatic rings. The third-order valence-electron chi connectivity index (χ3n) is 2.05. The molecule has 0 aromatic carbocycles. The topological polar surface area (TPSA) is 38.9 Å². The number of nitrogens with two attached hydrogens (primary N) is 1. The molecule has 3 heteroatoms. The van der Waals surface area contributed by atoms with E-state index in [1.54, 1.807) is 6.20 Å². The minimum atomic E-state index is -0.945. The predicted octanol–water partition coefficient (Wildman–Crippen LogP) is 0.976. The van der Waals surface area contributed by atoms with Gasteiger partial charge in [-0.25, -0.2) is 4.39 Å². The smallest absolute Gasteiger partial charge is 0.125 e. The number of alkyl halides is 1. The fourth-order valence-corrected chi connectivity index (χ4v) is 1.43. The summed E-state index contributed by atoms with van der Waals surface area (Å²) in [6.07, 6.45) is 1.13. The summed E-state index contributed by atoms with van der Waals surface area (Å²) in [4.78, 5) is 4.03. The van der Waals surface area contributed by atoms with Crippen LogP contribution in [0.5, 0.6) is 0 Å². The Bertz CT molecular complexity index is 275. The monoisotopic (exact) mass is 152 g/mol. The third-order valence-corrected chi connectivity index (χ3v) is 2.05. The van der Waals surface area contributed by atoms with Gasteiger partial charge in [0.05, 0.1) is 11.7 Å². The van der Waals surface area contributed by atoms with Crippen molar-refractivity contribution in [2.75, 3.05) is 0 Å². The van der Waals surface area contributed by atoms with Crippen molar-refractivity contribution in [3.63, 3.8) is 0 Å². The number of aromatic nitrogens is 1. The number of rotatable bonds is 0. The van der Waals surface area contributed by atoms with Gasteiger partial charge < -0.3 is 5.73 Å². The van der Waals surface area contributed by atoms with Crippen molar-refractivity contribution in [1.82, 2.24) is 4.98 Å². The predicted molar refractivity (Wildman–Crippen MR) is 39.8 cm³/mol. The molecule has 2 atom stereocenters. The molecular weight excluding hydrogens is 143 g/mol. The SMILES string of the molecule is N[C@H]1c2ncccc2C[C@H]1F. The van der Waals surface area contributed by atoms with Crippen molar-refractivity contribution < 1.29 is 4.39 Å². The Morgan fingerprint density at radius 2 is 2.45 bits per heavy atom. The maximum absolute atomic E-state index is 12.9. The highest BCUT2D eigenvalue weighted by Gasteiger charge is 2.30. The molecule has 58 valence electrons. The molecule has 0 aliphatic heterocycles. The molecule has 0 saturated heterocycles. The summed E-state index contributed by atoms with van der Waals surface area (Å²) in [7, 11) is 0. The van der Waals surface area contributed by atoms with Crippen LogP contribution < -0.4 is 5.73 Å². The van der Waals surface area contributed by atoms with Crippen LogP contribution in [0.3, 0.4) is 0 Å². The van der Waals surface area contributed by atoms with Crippen molar-refractivity contribution in [2.24, 2.45) is 5.73 Å². The fourth-order valence-electron chi connectivity index (χ4n) is 1.43. The summed E-state index contributed by atoms with van der Waals surface area (Å²) in [5, 5.41) is 0. The first-order chi connectivity index (χ1) is 5.29. The lowest BCUT2D eigenvalue weighted by molar-refractivity contribution is 0.301. The van der Waals surface area contributed by atoms with Gasteiger partial charge in [0.1, 0.15) is 6.17 Å². The fraction of sp³-hybridized carbons (Fsp3) is 0.375. The lowest BCUT2D eigenvalue weighted by Crippen LogP contribution is -2.18. The molecule has 0 saturated carbocycles. The van der Waals surface area contributed by atoms with Crippen LogP contribution in [0.15, 0.2) is 18.3 Å². The van der Waals surface area contributed by atoms with Gasteiger partial charge >= 0.3 is 0 Å². The standard InChI is InChI=1S/C8H9FN2/c9-6-4-5-2-1-3-11-8(5)7(6)10/h1-3,6-7H,4,10H2/t6-,7-/m1/s1. The molecule has 0 bridgehead atoms. The largest absolute Gasteiger partial charge is 0.320 e. The zero-order valence-electron chi connectivity index (χ0n) is 6.00. The number of halogens is 1. The van der Waals surface area contributed by atoms with E-state index in [9.17, 15) is 4.39 Å². The van der Waals surface area contributed by atoms with E-state index in [1.807, 2.05) is 12.1 Å². The van der Waals surface area contributed by atoms with E-state index in [0.29, 0.717) is 6.42 Å². The van der Waals surface area contributed by atoms with Crippen molar-refractivity contribution in [3.8, 4) is 0 Å². The summed E-state index contributed by atoms with van der Waals surface area (Å²) in [5.41, 5.74) is 7.23. The molecule has 0 spiro atoms. The van der Waals surface area contributed by atoms with Gasteiger partial charge in [-0.15, -0.1) is 0 Å². The summed E-state index contributed by atoms with van der Waals surface area (Å²) >= 11 is 0. The van der Waals surface area contributed by atoms with Crippen LogP contribution in [0, 0.1) is 0 Å². The van der Waals surface area contributed by atoms with Gasteiger partial charge in [-0.1, -0.05) is 6.07 Å². The van der Waals surface area contributed by atoms with Crippen LogP contribution in [0.2, 0.25) is 0 Å². The molecule has 2 N–H and O–H groups in total. The van der Waals surface area contributed by atoms with Crippen LogP contribution in [-0.2, 0) is 6.42 Å². The molecular formula is C8H9FN2. The second kappa shape index (κ2) is 2.27. The molecule has 11 heavy (non-hydrogen) atoms. The minimum Gasteiger partial charge on any atom is -0.320 e. The van der Waals surface area contributed by atoms with E-state index < -0.39 is 12.2 Å². The Morgan fingerprint density at radius 1 is 1.64 bits per heavy atom. The van der Waals surface area contributed by atoms with Gasteiger partial charge in [-0.05, 0) is 11.6 Å². The van der Waals surface area contributed by atoms with Crippen LogP contribution in [-0.4, -0.2) is 11.2 Å². The van der Waals surface area contributed by atoms with Crippen molar-refractivity contribution in [2.45, 2.75) is 18.6 Å². The van der Waals surface area contributed by atoms with E-state index in [0.717, 1.165) is 11.3 Å². The van der Waals surface area contributed by atoms with Gasteiger partial charge in [0.15, 0.2) is 0 Å². The van der Waals surface area contributed by atoms with E-state index in [1.165, 1.54) is 0 Å². The van der Waals surface area contributed by atoms with Crippen LogP contribution >= 0.6 is 0 Å². The van der Waals surface area contributed by atoms with Gasteiger partial charge in [0.2, 0.25) is 0 Å². The molecule has 0 amide bonds. The van der Waals surface area contributed by atoms with Gasteiger partial charge in [0.25, 0.3) is 0 Å². The summed E-state index contributed by atoms with van der Waals surface area (Å²) < 4.78 is 12.9. The quantitative estimate of drug-likeness (QED) is 0.601. The maximum atomic E-state index is 12.9. The first-order valence-corrected chi connectivity index (χ1v) is 3.62. The number of hydrogen-bond acceptors (Lipinski definition) is 2. The Labute approximate surface area is 64.2 Å². The number of nitrogens with zero attached hydrogens (tertiary/aromatic N) is 1. The minimum absolute atomic E-state index is 0.421. The van der Waals surface area contributed by atoms with Crippen LogP contribution in [0.25, 0.3) is 0 Å². The first kappa shape index (κ1) is 6.73. The van der Waals surface area contributed by atoms with Gasteiger partial charge in [-0.2, -0.15) is 0 Å². The lowest BCUT2D eigenvalue weighted by atomic mass is 10.2. The van der Waals surface area contributed by atoms with Crippen LogP contribution in [0.4, 0.5) is 4.39 Å². The Kier molecular flexibility index (Phi) is 1.39. The zero-order chi connectivity index (χ0) is 7.84. The van der Waals surface area contributed by atoms with E-state index in [4.69, 9.17) is 5.73 Å². The molecule has 0 fully saturated rings. The molecule has 0 radical (unpaired) electrons. The van der Waals surface area contributed by atoms with Crippen molar-refractivity contribution in [1.29, 1.82) is 0 Å². The molecule has 2 rings (SSSR count). The lowest BCUT2D eigenvalue weighted by Gasteiger charge is -2.04. The third kappa shape index (κ3) is 0.922. The Hall–Kier alpha value is -0.960. The second-order valence-electron chi connectivity index (χ2n) is 2.79. The summed E-state index contributed by atoms with van der Waals surface area (Å²) in [6.45, 7) is 0. The summed E-state index contributed by atoms with van der Waals surface area (Å²) in [5.74, 6) is 0. The van der Waals surface area contributed by atoms with Crippen molar-refractivity contribution in [3.05, 3.63) is 29.6 Å². The average Bonchev–Trinajstić information content (AvgIpc) is 2.30. The molecule has 1 aromatic rings. The van der Waals surface area contributed by atoms with E-state index in [2.05, 4.69) is 4.98 Å². The van der Waals surface area contributed by atoms with Gasteiger partial charge in [-0.3, -0.25) is 4.98 Å². The molecule has 1 aromatic heterocycles. The number of pyridine rings is 1. The molecule has 1 aliphatic carbocycles. The number of hydrogen-bond donors (Lipinski definition) is 1. The molecule has 1 heterocycles. The average molecular weight is 152 g/mol. The van der Waals surface area contributed by atoms with Crippen molar-refractivity contribution >= 4 is 0 Å². The van der Waals surface area contributed by atoms with Crippen LogP contribution in [0.1, 0.15) is 17.3 Å². The second-order valence-corrected chi connectivity index (χ2v) is 2.79. The Balaban J connectivity index is 2.47. The molecule has 2 nitrogen and oxygen atoms in total. The highest BCUT2D eigenvalue weighted by atomic mass is 19.1. The normalized spacial score (nSPS) is 28.5. The maximum Gasteiger partial charge on any atom is 0.125 e. The Morgan fingerprint density at radius 3 is 3.18 bits per heavy atom. The van der Waals surface area contributed by atoms with Gasteiger partial charge in [0, 0.05) is 12.6 Å². The highest BCUT2D eigenvalue weighted by molar-refractivity contribution is 5.29. The highest BCUT2D eigenvalue weighted by Crippen LogP contribution is 2.29.